The molecule has 0 amide bonds. The summed E-state index contributed by atoms with van der Waals surface area (Å²) in [5.41, 5.74) is 0. The summed E-state index contributed by atoms with van der Waals surface area (Å²) in [7, 11) is 0. The molecule has 0 fully saturated rings. The summed E-state index contributed by atoms with van der Waals surface area (Å²) in [6.07, 6.45) is 1.43. The van der Waals surface area contributed by atoms with Gasteiger partial charge < -0.3 is 4.74 Å². The molecule has 2 aromatic rings. The van der Waals surface area contributed by atoms with Gasteiger partial charge in [0.05, 0.1) is 0 Å². The highest BCUT2D eigenvalue weighted by Gasteiger charge is 1.97. The second-order valence-electron chi connectivity index (χ2n) is 2.42. The second kappa shape index (κ2) is 3.71. The molecule has 0 aliphatic rings. The first-order valence-electron chi connectivity index (χ1n) is 3.85. The molecule has 0 saturated heterocycles. The number of hydrogen-bond acceptors (Lipinski definition) is 3. The van der Waals surface area contributed by atoms with E-state index in [2.05, 4.69) is 15.2 Å². The highest BCUT2D eigenvalue weighted by atomic mass is 16.5. The maximum absolute atomic E-state index is 5.29. The van der Waals surface area contributed by atoms with Crippen LogP contribution in [0.25, 0.3) is 0 Å². The van der Waals surface area contributed by atoms with E-state index >= 15 is 0 Å². The van der Waals surface area contributed by atoms with Gasteiger partial charge in [-0.15, -0.1) is 0 Å². The summed E-state index contributed by atoms with van der Waals surface area (Å²) in [5, 5.41) is 6.35. The van der Waals surface area contributed by atoms with E-state index in [0.717, 1.165) is 5.75 Å². The zero-order valence-corrected chi connectivity index (χ0v) is 6.84. The number of para-hydroxylation sites is 1. The Kier molecular flexibility index (Phi) is 2.22. The van der Waals surface area contributed by atoms with Crippen molar-refractivity contribution in [3.05, 3.63) is 49.1 Å². The molecule has 1 aromatic heterocycles. The molecule has 1 heterocycles. The molecule has 1 N–H and O–H groups in total. The molecular weight excluding hydrogens is 166 g/mol. The van der Waals surface area contributed by atoms with Crippen molar-refractivity contribution in [3.8, 4) is 5.75 Å². The normalized spacial score (nSPS) is 9.85. The summed E-state index contributed by atoms with van der Waals surface area (Å²) in [6, 6.07) is 9.48. The molecule has 0 aliphatic heterocycles. The minimum Gasteiger partial charge on any atom is -0.478 e. The van der Waals surface area contributed by atoms with Gasteiger partial charge >= 0.3 is 0 Å². The molecule has 1 aromatic carbocycles. The van der Waals surface area contributed by atoms with Crippen molar-refractivity contribution in [1.29, 1.82) is 0 Å². The van der Waals surface area contributed by atoms with Gasteiger partial charge in [-0.25, -0.2) is 4.98 Å². The Morgan fingerprint density at radius 1 is 1.23 bits per heavy atom. The number of hydrogen-bond donors (Lipinski definition) is 1. The van der Waals surface area contributed by atoms with Gasteiger partial charge in [0.15, 0.2) is 5.82 Å². The standard InChI is InChI=1S/C9H8N3O/c1-2-4-8(5-3-1)13-6-9-10-7-11-12-9/h1-7H,(H,10,11,12). The highest BCUT2D eigenvalue weighted by molar-refractivity contribution is 5.22. The largest absolute Gasteiger partial charge is 0.478 e. The number of rotatable bonds is 3. The van der Waals surface area contributed by atoms with Crippen LogP contribution in [0.1, 0.15) is 5.82 Å². The van der Waals surface area contributed by atoms with Crippen LogP contribution in [0.15, 0.2) is 36.7 Å². The Bertz CT molecular complexity index is 344. The van der Waals surface area contributed by atoms with Crippen LogP contribution in [0.4, 0.5) is 0 Å². The van der Waals surface area contributed by atoms with E-state index in [1.807, 2.05) is 30.3 Å². The van der Waals surface area contributed by atoms with Gasteiger partial charge in [0.2, 0.25) is 6.61 Å². The fourth-order valence-electron chi connectivity index (χ4n) is 0.895. The van der Waals surface area contributed by atoms with Gasteiger partial charge in [-0.1, -0.05) is 18.2 Å². The first kappa shape index (κ1) is 7.79. The first-order valence-corrected chi connectivity index (χ1v) is 3.85. The third kappa shape index (κ3) is 2.05. The minimum atomic E-state index is 0.601. The number of aromatic nitrogens is 3. The molecule has 65 valence electrons. The van der Waals surface area contributed by atoms with Crippen molar-refractivity contribution < 1.29 is 4.74 Å². The van der Waals surface area contributed by atoms with Crippen molar-refractivity contribution in [1.82, 2.24) is 15.2 Å². The summed E-state index contributed by atoms with van der Waals surface area (Å²) >= 11 is 0. The summed E-state index contributed by atoms with van der Waals surface area (Å²) in [6.45, 7) is 1.52. The Balaban J connectivity index is 1.94. The van der Waals surface area contributed by atoms with Gasteiger partial charge in [-0.05, 0) is 12.1 Å². The average Bonchev–Trinajstić information content (AvgIpc) is 2.69. The lowest BCUT2D eigenvalue weighted by atomic mass is 10.3. The molecule has 4 heteroatoms. The fraction of sp³-hybridized carbons (Fsp3) is 0. The van der Waals surface area contributed by atoms with Crippen LogP contribution in [0.2, 0.25) is 0 Å². The molecule has 13 heavy (non-hydrogen) atoms. The molecule has 0 bridgehead atoms. The Labute approximate surface area is 75.6 Å². The topological polar surface area (TPSA) is 50.8 Å². The molecular formula is C9H8N3O. The molecule has 0 atom stereocenters. The van der Waals surface area contributed by atoms with Crippen LogP contribution in [-0.2, 0) is 0 Å². The van der Waals surface area contributed by atoms with Crippen LogP contribution in [-0.4, -0.2) is 15.2 Å². The SMILES string of the molecule is [CH](Oc1ccccc1)c1ncn[nH]1. The lowest BCUT2D eigenvalue weighted by molar-refractivity contribution is 0.420. The number of aromatic amines is 1. The highest BCUT2D eigenvalue weighted by Crippen LogP contribution is 2.10. The molecule has 1 radical (unpaired) electrons. The number of nitrogens with one attached hydrogen (secondary N) is 1. The molecule has 0 saturated carbocycles. The summed E-state index contributed by atoms with van der Waals surface area (Å²) < 4.78 is 5.29. The zero-order chi connectivity index (χ0) is 8.93. The second-order valence-corrected chi connectivity index (χ2v) is 2.42. The van der Waals surface area contributed by atoms with Crippen LogP contribution >= 0.6 is 0 Å². The van der Waals surface area contributed by atoms with Crippen molar-refractivity contribution in [2.24, 2.45) is 0 Å². The van der Waals surface area contributed by atoms with E-state index in [9.17, 15) is 0 Å². The van der Waals surface area contributed by atoms with E-state index in [-0.39, 0.29) is 0 Å². The van der Waals surface area contributed by atoms with Gasteiger partial charge in [-0.2, -0.15) is 5.10 Å². The van der Waals surface area contributed by atoms with Crippen molar-refractivity contribution >= 4 is 0 Å². The molecule has 4 nitrogen and oxygen atoms in total. The Morgan fingerprint density at radius 2 is 2.08 bits per heavy atom. The van der Waals surface area contributed by atoms with Gasteiger partial charge in [0, 0.05) is 0 Å². The Hall–Kier alpha value is -1.84. The van der Waals surface area contributed by atoms with Crippen LogP contribution in [0.3, 0.4) is 0 Å². The first-order chi connectivity index (χ1) is 6.45. The third-order valence-electron chi connectivity index (χ3n) is 1.48. The molecule has 2 rings (SSSR count). The maximum atomic E-state index is 5.29. The van der Waals surface area contributed by atoms with Crippen LogP contribution < -0.4 is 4.74 Å². The monoisotopic (exact) mass is 174 g/mol. The fourth-order valence-corrected chi connectivity index (χ4v) is 0.895. The van der Waals surface area contributed by atoms with E-state index in [1.165, 1.54) is 12.9 Å². The molecule has 0 spiro atoms. The number of benzene rings is 1. The summed E-state index contributed by atoms with van der Waals surface area (Å²) in [5.74, 6) is 1.38. The van der Waals surface area contributed by atoms with E-state index in [4.69, 9.17) is 4.74 Å². The van der Waals surface area contributed by atoms with Gasteiger partial charge in [0.25, 0.3) is 0 Å². The maximum Gasteiger partial charge on any atom is 0.201 e. The predicted molar refractivity (Wildman–Crippen MR) is 46.9 cm³/mol. The average molecular weight is 174 g/mol. The number of H-pyrrole nitrogens is 1. The van der Waals surface area contributed by atoms with Crippen molar-refractivity contribution in [2.75, 3.05) is 0 Å². The van der Waals surface area contributed by atoms with Gasteiger partial charge in [-0.3, -0.25) is 5.10 Å². The molecule has 0 aliphatic carbocycles. The number of ether oxygens (including phenoxy) is 1. The van der Waals surface area contributed by atoms with Crippen LogP contribution in [0, 0.1) is 6.61 Å². The van der Waals surface area contributed by atoms with E-state index in [1.54, 1.807) is 0 Å². The quantitative estimate of drug-likeness (QED) is 0.765. The van der Waals surface area contributed by atoms with E-state index < -0.39 is 0 Å². The van der Waals surface area contributed by atoms with Gasteiger partial charge in [0.1, 0.15) is 12.1 Å². The van der Waals surface area contributed by atoms with Crippen molar-refractivity contribution in [2.45, 2.75) is 0 Å². The zero-order valence-electron chi connectivity index (χ0n) is 6.84. The summed E-state index contributed by atoms with van der Waals surface area (Å²) in [4.78, 5) is 3.88. The minimum absolute atomic E-state index is 0.601. The predicted octanol–water partition coefficient (Wildman–Crippen LogP) is 1.39. The van der Waals surface area contributed by atoms with E-state index in [0.29, 0.717) is 5.82 Å². The van der Waals surface area contributed by atoms with Crippen LogP contribution in [0.5, 0.6) is 5.75 Å². The third-order valence-corrected chi connectivity index (χ3v) is 1.48. The molecule has 0 unspecified atom stereocenters. The smallest absolute Gasteiger partial charge is 0.201 e. The van der Waals surface area contributed by atoms with Crippen molar-refractivity contribution in [3.63, 3.8) is 0 Å². The lowest BCUT2D eigenvalue weighted by Gasteiger charge is -2.00. The number of nitrogens with zero attached hydrogens (tertiary/aromatic N) is 2. The Morgan fingerprint density at radius 3 is 2.77 bits per heavy atom. The lowest BCUT2D eigenvalue weighted by Crippen LogP contribution is -1.93.